The van der Waals surface area contributed by atoms with Gasteiger partial charge in [-0.3, -0.25) is 4.98 Å². The third-order valence-corrected chi connectivity index (χ3v) is 8.32. The van der Waals surface area contributed by atoms with Gasteiger partial charge in [-0.1, -0.05) is 80.6 Å². The van der Waals surface area contributed by atoms with Crippen LogP contribution in [0.25, 0.3) is 38.8 Å². The van der Waals surface area contributed by atoms with Crippen LogP contribution in [0.5, 0.6) is 0 Å². The van der Waals surface area contributed by atoms with Gasteiger partial charge in [0.2, 0.25) is 0 Å². The first-order valence-electron chi connectivity index (χ1n) is 19.0. The van der Waals surface area contributed by atoms with E-state index >= 15 is 0 Å². The van der Waals surface area contributed by atoms with E-state index in [4.69, 9.17) is 19.0 Å². The number of benzene rings is 1. The zero-order chi connectivity index (χ0) is 36.4. The molecule has 1 aromatic carbocycles. The Kier molecular flexibility index (Phi) is 8.49. The number of aromatic nitrogens is 3. The molecular weight excluding hydrogens is 731 g/mol. The van der Waals surface area contributed by atoms with Crippen LogP contribution in [-0.2, 0) is 20.1 Å². The molecule has 0 bridgehead atoms. The van der Waals surface area contributed by atoms with Gasteiger partial charge in [-0.15, -0.1) is 48.1 Å². The van der Waals surface area contributed by atoms with E-state index in [9.17, 15) is 0 Å². The van der Waals surface area contributed by atoms with Crippen LogP contribution in [-0.4, -0.2) is 15.0 Å². The van der Waals surface area contributed by atoms with E-state index in [1.807, 2.05) is 19.1 Å². The summed E-state index contributed by atoms with van der Waals surface area (Å²) in [6.07, 6.45) is 18.2. The molecule has 5 heteroatoms. The smallest absolute Gasteiger partial charge is 0.124 e. The number of pyridine rings is 3. The summed E-state index contributed by atoms with van der Waals surface area (Å²) in [6, 6.07) is 7.89. The monoisotopic (exact) mass is 779 g/mol. The van der Waals surface area contributed by atoms with Crippen molar-refractivity contribution in [2.75, 3.05) is 0 Å². The molecular formula is C40H41IrN3O-2. The fraction of sp³-hybridized carbons (Fsp3) is 0.325. The minimum atomic E-state index is -0.769. The molecule has 0 saturated heterocycles. The second-order valence-corrected chi connectivity index (χ2v) is 11.6. The minimum absolute atomic E-state index is 0. The fourth-order valence-electron chi connectivity index (χ4n) is 6.10. The maximum absolute atomic E-state index is 8.61. The summed E-state index contributed by atoms with van der Waals surface area (Å²) in [7, 11) is 0. The predicted octanol–water partition coefficient (Wildman–Crippen LogP) is 11.0. The Labute approximate surface area is 291 Å². The molecule has 0 N–H and O–H groups in total. The molecule has 2 saturated carbocycles. The van der Waals surface area contributed by atoms with Crippen molar-refractivity contribution in [3.63, 3.8) is 0 Å². The molecule has 0 spiro atoms. The Balaban J connectivity index is 0.000000205. The normalized spacial score (nSPS) is 18.7. The quantitative estimate of drug-likeness (QED) is 0.127. The molecule has 4 aromatic heterocycles. The van der Waals surface area contributed by atoms with Crippen LogP contribution in [0.3, 0.4) is 0 Å². The van der Waals surface area contributed by atoms with Gasteiger partial charge in [0.05, 0.1) is 19.5 Å². The maximum Gasteiger partial charge on any atom is 0.124 e. The Morgan fingerprint density at radius 2 is 1.78 bits per heavy atom. The molecule has 0 amide bonds. The topological polar surface area (TPSA) is 51.8 Å². The average Bonchev–Trinajstić information content (AvgIpc) is 3.52. The van der Waals surface area contributed by atoms with E-state index in [1.54, 1.807) is 24.5 Å². The third kappa shape index (κ3) is 7.77. The minimum Gasteiger partial charge on any atom is -0.500 e. The number of allylic oxidation sites excluding steroid dienone is 4. The van der Waals surface area contributed by atoms with Crippen molar-refractivity contribution in [1.82, 2.24) is 15.0 Å². The molecule has 0 aliphatic heterocycles. The molecule has 1 radical (unpaired) electrons. The first-order valence-corrected chi connectivity index (χ1v) is 15.5. The molecule has 5 aromatic rings. The third-order valence-electron chi connectivity index (χ3n) is 8.32. The van der Waals surface area contributed by atoms with Gasteiger partial charge in [0.1, 0.15) is 5.58 Å². The van der Waals surface area contributed by atoms with Gasteiger partial charge in [0.15, 0.2) is 0 Å². The maximum atomic E-state index is 8.61. The van der Waals surface area contributed by atoms with E-state index in [0.29, 0.717) is 33.9 Å². The second kappa shape index (κ2) is 15.6. The van der Waals surface area contributed by atoms with Crippen LogP contribution >= 0.6 is 0 Å². The van der Waals surface area contributed by atoms with Crippen LogP contribution in [0.15, 0.2) is 96.2 Å². The van der Waals surface area contributed by atoms with E-state index < -0.39 is 5.89 Å². The van der Waals surface area contributed by atoms with Crippen molar-refractivity contribution in [1.29, 1.82) is 0 Å². The van der Waals surface area contributed by atoms with Crippen molar-refractivity contribution in [3.05, 3.63) is 121 Å². The standard InChI is InChI=1S/C22H19N2O.C18H22N.Ir/c1-2-7-15(8-3-1)21-20-17-10-6-9-16(18-11-4-5-13-23-18)22(17)25-19(20)12-14-24-21;1-14(2)9-10-15(3)18-12-11-17(13-19-18)16-7-5-4-6-8-16;/h4-6,10-15H,1-3,7-8H2;9,11-13,16H,1,3-8H2,2H3;/q2*-1;/i4D,5D,11D,13D;11D,12D,16D;. The molecule has 4 heterocycles. The molecule has 45 heavy (non-hydrogen) atoms. The van der Waals surface area contributed by atoms with Gasteiger partial charge < -0.3 is 14.4 Å². The van der Waals surface area contributed by atoms with Crippen LogP contribution in [0.1, 0.15) is 109 Å². The van der Waals surface area contributed by atoms with Gasteiger partial charge in [0, 0.05) is 51.3 Å². The first-order chi connectivity index (χ1) is 24.4. The molecule has 4 nitrogen and oxygen atoms in total. The molecule has 7 rings (SSSR count). The fourth-order valence-corrected chi connectivity index (χ4v) is 6.10. The number of rotatable bonds is 6. The largest absolute Gasteiger partial charge is 0.500 e. The van der Waals surface area contributed by atoms with Crippen LogP contribution in [0.4, 0.5) is 0 Å². The predicted molar refractivity (Wildman–Crippen MR) is 181 cm³/mol. The van der Waals surface area contributed by atoms with Gasteiger partial charge in [0.25, 0.3) is 0 Å². The van der Waals surface area contributed by atoms with Crippen molar-refractivity contribution in [2.45, 2.75) is 82.9 Å². The van der Waals surface area contributed by atoms with Crippen molar-refractivity contribution >= 4 is 27.5 Å². The zero-order valence-electron chi connectivity index (χ0n) is 32.6. The molecule has 0 unspecified atom stereocenters. The molecule has 2 fully saturated rings. The summed E-state index contributed by atoms with van der Waals surface area (Å²) >= 11 is 0. The Morgan fingerprint density at radius 3 is 2.56 bits per heavy atom. The summed E-state index contributed by atoms with van der Waals surface area (Å²) in [5.74, 6) is -0.358. The van der Waals surface area contributed by atoms with Crippen molar-refractivity contribution in [3.8, 4) is 11.3 Å². The number of furan rings is 1. The SMILES string of the molecule is [2H]c1c(C2([2H])CCCCC2)cnc(C(=C)[C-]=CC(=C)C)c1[2H].[2H]c1nc(-c2[c-]ccc3c2oc2ccnc(C4CCCCC4)c23)c([2H])c([2H])c1[2H].[Ir]. The van der Waals surface area contributed by atoms with E-state index in [1.165, 1.54) is 19.3 Å². The first kappa shape index (κ1) is 24.6. The van der Waals surface area contributed by atoms with E-state index in [-0.39, 0.29) is 62.2 Å². The van der Waals surface area contributed by atoms with Gasteiger partial charge in [-0.2, -0.15) is 6.58 Å². The number of nitrogens with zero attached hydrogens (tertiary/aromatic N) is 3. The number of hydrogen-bond donors (Lipinski definition) is 0. The van der Waals surface area contributed by atoms with Crippen LogP contribution in [0, 0.1) is 12.1 Å². The summed E-state index contributed by atoms with van der Waals surface area (Å²) in [6.45, 7) is 9.47. The second-order valence-electron chi connectivity index (χ2n) is 11.6. The Hall–Kier alpha value is -3.66. The molecule has 2 aliphatic rings. The Bertz CT molecular complexity index is 2170. The van der Waals surface area contributed by atoms with Crippen LogP contribution in [0.2, 0.25) is 0 Å². The summed E-state index contributed by atoms with van der Waals surface area (Å²) in [4.78, 5) is 13.1. The zero-order valence-corrected chi connectivity index (χ0v) is 28.0. The summed E-state index contributed by atoms with van der Waals surface area (Å²) in [5, 5.41) is 1.88. The number of hydrogen-bond acceptors (Lipinski definition) is 4. The molecule has 233 valence electrons. The number of fused-ring (bicyclic) bond motifs is 3. The van der Waals surface area contributed by atoms with Gasteiger partial charge in [-0.25, -0.2) is 0 Å². The Morgan fingerprint density at radius 1 is 1.00 bits per heavy atom. The van der Waals surface area contributed by atoms with Gasteiger partial charge >= 0.3 is 0 Å². The average molecular weight is 779 g/mol. The van der Waals surface area contributed by atoms with Crippen molar-refractivity contribution < 1.29 is 34.1 Å². The van der Waals surface area contributed by atoms with Gasteiger partial charge in [-0.05, 0) is 60.6 Å². The van der Waals surface area contributed by atoms with E-state index in [0.717, 1.165) is 72.6 Å². The molecule has 0 atom stereocenters. The molecule has 2 aliphatic carbocycles. The summed E-state index contributed by atoms with van der Waals surface area (Å²) < 4.78 is 63.1. The van der Waals surface area contributed by atoms with E-state index in [2.05, 4.69) is 35.3 Å². The van der Waals surface area contributed by atoms with Crippen LogP contribution < -0.4 is 0 Å². The van der Waals surface area contributed by atoms with Crippen molar-refractivity contribution in [2.24, 2.45) is 0 Å². The summed E-state index contributed by atoms with van der Waals surface area (Å²) in [5.41, 5.74) is 5.14.